The highest BCUT2D eigenvalue weighted by Gasteiger charge is 2.23. The summed E-state index contributed by atoms with van der Waals surface area (Å²) in [6.45, 7) is 6.03. The van der Waals surface area contributed by atoms with Crippen LogP contribution in [-0.2, 0) is 11.3 Å². The fraction of sp³-hybridized carbons (Fsp3) is 0.500. The molecule has 0 saturated heterocycles. The van der Waals surface area contributed by atoms with Gasteiger partial charge in [-0.1, -0.05) is 37.7 Å². The van der Waals surface area contributed by atoms with Gasteiger partial charge in [0.15, 0.2) is 5.17 Å². The molecule has 1 N–H and O–H groups in total. The molecule has 0 aliphatic carbocycles. The molecule has 0 fully saturated rings. The first kappa shape index (κ1) is 13.4. The van der Waals surface area contributed by atoms with Crippen molar-refractivity contribution in [2.45, 2.75) is 20.5 Å². The van der Waals surface area contributed by atoms with Gasteiger partial charge in [0.2, 0.25) is 0 Å². The van der Waals surface area contributed by atoms with E-state index in [0.29, 0.717) is 12.0 Å². The number of ether oxygens (including phenoxy) is 1. The average molecular weight is 264 g/mol. The van der Waals surface area contributed by atoms with Crippen molar-refractivity contribution in [2.75, 3.05) is 24.7 Å². The van der Waals surface area contributed by atoms with E-state index in [1.54, 1.807) is 18.9 Å². The molecule has 1 aliphatic heterocycles. The van der Waals surface area contributed by atoms with Gasteiger partial charge in [-0.3, -0.25) is 4.99 Å². The molecule has 0 unspecified atom stereocenters. The van der Waals surface area contributed by atoms with Crippen molar-refractivity contribution >= 4 is 22.6 Å². The third kappa shape index (κ3) is 3.75. The van der Waals surface area contributed by atoms with Gasteiger partial charge in [0.25, 0.3) is 0 Å². The minimum absolute atomic E-state index is 0.313. The van der Waals surface area contributed by atoms with Crippen LogP contribution in [-0.4, -0.2) is 24.6 Å². The number of rotatable bonds is 3. The van der Waals surface area contributed by atoms with Crippen LogP contribution in [0.2, 0.25) is 0 Å². The van der Waals surface area contributed by atoms with Gasteiger partial charge in [-0.2, -0.15) is 0 Å². The molecule has 0 atom stereocenters. The van der Waals surface area contributed by atoms with Crippen LogP contribution in [0.15, 0.2) is 29.3 Å². The first-order valence-corrected chi connectivity index (χ1v) is 7.10. The summed E-state index contributed by atoms with van der Waals surface area (Å²) >= 11 is 1.79. The lowest BCUT2D eigenvalue weighted by Gasteiger charge is -2.27. The van der Waals surface area contributed by atoms with Crippen molar-refractivity contribution in [3.63, 3.8) is 0 Å². The van der Waals surface area contributed by atoms with Gasteiger partial charge in [-0.25, -0.2) is 0 Å². The van der Waals surface area contributed by atoms with Crippen LogP contribution in [0.3, 0.4) is 0 Å². The zero-order chi connectivity index (χ0) is 13.0. The number of thioether (sulfide) groups is 1. The predicted octanol–water partition coefficient (Wildman–Crippen LogP) is 3.37. The lowest BCUT2D eigenvalue weighted by atomic mass is 9.97. The second kappa shape index (κ2) is 5.76. The van der Waals surface area contributed by atoms with Gasteiger partial charge < -0.3 is 10.1 Å². The largest absolute Gasteiger partial charge is 0.380 e. The smallest absolute Gasteiger partial charge is 0.161 e. The van der Waals surface area contributed by atoms with Crippen molar-refractivity contribution < 1.29 is 4.74 Å². The van der Waals surface area contributed by atoms with Gasteiger partial charge in [0.05, 0.1) is 6.61 Å². The Morgan fingerprint density at radius 2 is 2.28 bits per heavy atom. The molecule has 1 heterocycles. The van der Waals surface area contributed by atoms with Crippen LogP contribution in [0.25, 0.3) is 0 Å². The number of amidine groups is 1. The number of anilines is 1. The van der Waals surface area contributed by atoms with Crippen LogP contribution in [0, 0.1) is 5.41 Å². The quantitative estimate of drug-likeness (QED) is 0.908. The number of nitrogens with zero attached hydrogens (tertiary/aromatic N) is 1. The van der Waals surface area contributed by atoms with Gasteiger partial charge in [0, 0.05) is 25.1 Å². The van der Waals surface area contributed by atoms with Crippen molar-refractivity contribution in [1.29, 1.82) is 0 Å². The molecule has 1 aromatic carbocycles. The number of aliphatic imine (C=N–C) groups is 1. The van der Waals surface area contributed by atoms with E-state index in [9.17, 15) is 0 Å². The zero-order valence-corrected chi connectivity index (χ0v) is 12.0. The van der Waals surface area contributed by atoms with Crippen molar-refractivity contribution in [1.82, 2.24) is 0 Å². The maximum absolute atomic E-state index is 5.14. The molecular formula is C14H20N2OS. The lowest BCUT2D eigenvalue weighted by molar-refractivity contribution is 0.185. The molecule has 3 nitrogen and oxygen atoms in total. The molecule has 1 aliphatic rings. The minimum Gasteiger partial charge on any atom is -0.380 e. The summed E-state index contributed by atoms with van der Waals surface area (Å²) in [5, 5.41) is 4.39. The molecule has 0 bridgehead atoms. The summed E-state index contributed by atoms with van der Waals surface area (Å²) in [6, 6.07) is 8.26. The number of benzene rings is 1. The second-order valence-corrected chi connectivity index (χ2v) is 6.30. The highest BCUT2D eigenvalue weighted by atomic mass is 32.2. The maximum atomic E-state index is 5.14. The zero-order valence-electron chi connectivity index (χ0n) is 11.2. The standard InChI is InChI=1S/C14H20N2OS/c1-14(2)9-15-13(18-10-14)16-12-6-4-5-11(7-12)8-17-3/h4-7H,8-10H2,1-3H3,(H,15,16). The van der Waals surface area contributed by atoms with Crippen LogP contribution in [0.4, 0.5) is 5.69 Å². The van der Waals surface area contributed by atoms with Crippen LogP contribution in [0.1, 0.15) is 19.4 Å². The molecule has 0 aromatic heterocycles. The number of hydrogen-bond acceptors (Lipinski definition) is 4. The van der Waals surface area contributed by atoms with Gasteiger partial charge >= 0.3 is 0 Å². The summed E-state index contributed by atoms with van der Waals surface area (Å²) in [4.78, 5) is 4.59. The lowest BCUT2D eigenvalue weighted by Crippen LogP contribution is -2.27. The van der Waals surface area contributed by atoms with Gasteiger partial charge in [0.1, 0.15) is 0 Å². The Labute approximate surface area is 113 Å². The van der Waals surface area contributed by atoms with Crippen molar-refractivity contribution in [3.05, 3.63) is 29.8 Å². The van der Waals surface area contributed by atoms with Crippen LogP contribution >= 0.6 is 11.8 Å². The second-order valence-electron chi connectivity index (χ2n) is 5.33. The van der Waals surface area contributed by atoms with Crippen LogP contribution in [0.5, 0.6) is 0 Å². The fourth-order valence-corrected chi connectivity index (χ4v) is 2.71. The predicted molar refractivity (Wildman–Crippen MR) is 79.3 cm³/mol. The van der Waals surface area contributed by atoms with Gasteiger partial charge in [-0.05, 0) is 23.1 Å². The molecule has 2 rings (SSSR count). The molecule has 0 amide bonds. The summed E-state index contributed by atoms with van der Waals surface area (Å²) in [7, 11) is 1.71. The van der Waals surface area contributed by atoms with E-state index in [-0.39, 0.29) is 0 Å². The fourth-order valence-electron chi connectivity index (χ4n) is 1.75. The van der Waals surface area contributed by atoms with Gasteiger partial charge in [-0.15, -0.1) is 0 Å². The van der Waals surface area contributed by atoms with Crippen molar-refractivity contribution in [2.24, 2.45) is 10.4 Å². The Balaban J connectivity index is 2.01. The molecule has 1 aromatic rings. The average Bonchev–Trinajstić information content (AvgIpc) is 2.33. The monoisotopic (exact) mass is 264 g/mol. The van der Waals surface area contributed by atoms with E-state index < -0.39 is 0 Å². The summed E-state index contributed by atoms with van der Waals surface area (Å²) in [5.41, 5.74) is 2.56. The third-order valence-electron chi connectivity index (χ3n) is 2.74. The Hall–Kier alpha value is -1.00. The number of methoxy groups -OCH3 is 1. The topological polar surface area (TPSA) is 33.6 Å². The van der Waals surface area contributed by atoms with Crippen LogP contribution < -0.4 is 5.32 Å². The Morgan fingerprint density at radius 1 is 1.44 bits per heavy atom. The van der Waals surface area contributed by atoms with Crippen molar-refractivity contribution in [3.8, 4) is 0 Å². The highest BCUT2D eigenvalue weighted by molar-refractivity contribution is 8.14. The Bertz CT molecular complexity index is 443. The van der Waals surface area contributed by atoms with E-state index in [2.05, 4.69) is 42.4 Å². The molecular weight excluding hydrogens is 244 g/mol. The maximum Gasteiger partial charge on any atom is 0.161 e. The first-order valence-electron chi connectivity index (χ1n) is 6.11. The number of hydrogen-bond donors (Lipinski definition) is 1. The molecule has 0 spiro atoms. The molecule has 0 radical (unpaired) electrons. The SMILES string of the molecule is COCc1cccc(NC2=NCC(C)(C)CS2)c1. The van der Waals surface area contributed by atoms with E-state index in [1.165, 1.54) is 5.56 Å². The summed E-state index contributed by atoms with van der Waals surface area (Å²) < 4.78 is 5.14. The molecule has 4 heteroatoms. The van der Waals surface area contributed by atoms with E-state index >= 15 is 0 Å². The number of nitrogens with one attached hydrogen (secondary N) is 1. The minimum atomic E-state index is 0.313. The summed E-state index contributed by atoms with van der Waals surface area (Å²) in [5.74, 6) is 1.11. The van der Waals surface area contributed by atoms with E-state index in [1.807, 2.05) is 6.07 Å². The highest BCUT2D eigenvalue weighted by Crippen LogP contribution is 2.28. The molecule has 98 valence electrons. The molecule has 18 heavy (non-hydrogen) atoms. The third-order valence-corrected chi connectivity index (χ3v) is 4.17. The molecule has 0 saturated carbocycles. The summed E-state index contributed by atoms with van der Waals surface area (Å²) in [6.07, 6.45) is 0. The Kier molecular flexibility index (Phi) is 4.30. The first-order chi connectivity index (χ1) is 8.59. The van der Waals surface area contributed by atoms with E-state index in [4.69, 9.17) is 4.74 Å². The van der Waals surface area contributed by atoms with E-state index in [0.717, 1.165) is 23.2 Å². The normalized spacial score (nSPS) is 18.3. The Morgan fingerprint density at radius 3 is 2.94 bits per heavy atom.